The standard InChI is InChI=1S/C15H15F3N4O4S/c1-9-7-10(2)20-13(19-9)21-14(23)22-27(24,25)12-6-4-3-5-11(12)26-8-15(16,17)18/h3-7H,8H2,1-2H3,(H2,19,20,21,22,23). The lowest BCUT2D eigenvalue weighted by molar-refractivity contribution is -0.153. The molecule has 0 unspecified atom stereocenters. The van der Waals surface area contributed by atoms with Crippen LogP contribution < -0.4 is 14.8 Å². The van der Waals surface area contributed by atoms with E-state index in [0.29, 0.717) is 11.4 Å². The number of hydrogen-bond donors (Lipinski definition) is 2. The number of aryl methyl sites for hydroxylation is 2. The van der Waals surface area contributed by atoms with Crippen molar-refractivity contribution in [2.45, 2.75) is 24.9 Å². The molecule has 2 aromatic rings. The number of nitrogens with one attached hydrogen (secondary N) is 2. The Morgan fingerprint density at radius 3 is 2.33 bits per heavy atom. The lowest BCUT2D eigenvalue weighted by Gasteiger charge is -2.14. The molecule has 2 amide bonds. The van der Waals surface area contributed by atoms with E-state index in [2.05, 4.69) is 20.0 Å². The van der Waals surface area contributed by atoms with E-state index in [-0.39, 0.29) is 5.95 Å². The molecule has 0 saturated heterocycles. The maximum absolute atomic E-state index is 12.3. The Labute approximate surface area is 152 Å². The van der Waals surface area contributed by atoms with E-state index in [1.807, 2.05) is 0 Å². The summed E-state index contributed by atoms with van der Waals surface area (Å²) in [6.07, 6.45) is -4.65. The quantitative estimate of drug-likeness (QED) is 0.793. The minimum Gasteiger partial charge on any atom is -0.483 e. The number of sulfonamides is 1. The second-order valence-electron chi connectivity index (χ2n) is 5.38. The molecule has 2 N–H and O–H groups in total. The van der Waals surface area contributed by atoms with Crippen LogP contribution in [0.15, 0.2) is 35.2 Å². The van der Waals surface area contributed by atoms with Gasteiger partial charge in [0.15, 0.2) is 6.61 Å². The SMILES string of the molecule is Cc1cc(C)nc(NC(=O)NS(=O)(=O)c2ccccc2OCC(F)(F)F)n1. The maximum Gasteiger partial charge on any atom is 0.422 e. The smallest absolute Gasteiger partial charge is 0.422 e. The second kappa shape index (κ2) is 7.78. The number of para-hydroxylation sites is 1. The van der Waals surface area contributed by atoms with Gasteiger partial charge in [0.1, 0.15) is 10.6 Å². The van der Waals surface area contributed by atoms with Crippen molar-refractivity contribution >= 4 is 22.0 Å². The van der Waals surface area contributed by atoms with E-state index >= 15 is 0 Å². The summed E-state index contributed by atoms with van der Waals surface area (Å²) in [6, 6.07) is 5.10. The van der Waals surface area contributed by atoms with Crippen molar-refractivity contribution in [3.05, 3.63) is 41.7 Å². The fraction of sp³-hybridized carbons (Fsp3) is 0.267. The molecular weight excluding hydrogens is 389 g/mol. The monoisotopic (exact) mass is 404 g/mol. The lowest BCUT2D eigenvalue weighted by Crippen LogP contribution is -2.35. The summed E-state index contributed by atoms with van der Waals surface area (Å²) in [7, 11) is -4.51. The Morgan fingerprint density at radius 2 is 1.74 bits per heavy atom. The molecule has 0 atom stereocenters. The van der Waals surface area contributed by atoms with Crippen LogP contribution in [-0.4, -0.2) is 37.2 Å². The fourth-order valence-corrected chi connectivity index (χ4v) is 3.09. The summed E-state index contributed by atoms with van der Waals surface area (Å²) in [4.78, 5) is 19.2. The van der Waals surface area contributed by atoms with Crippen molar-refractivity contribution < 1.29 is 31.1 Å². The summed E-state index contributed by atoms with van der Waals surface area (Å²) in [5.41, 5.74) is 1.10. The molecule has 2 rings (SSSR count). The number of alkyl halides is 3. The van der Waals surface area contributed by atoms with Gasteiger partial charge in [0.25, 0.3) is 10.0 Å². The zero-order chi connectivity index (χ0) is 20.2. The highest BCUT2D eigenvalue weighted by atomic mass is 32.2. The van der Waals surface area contributed by atoms with E-state index in [0.717, 1.165) is 12.1 Å². The number of nitrogens with zero attached hydrogens (tertiary/aromatic N) is 2. The zero-order valence-electron chi connectivity index (χ0n) is 14.2. The largest absolute Gasteiger partial charge is 0.483 e. The minimum atomic E-state index is -4.65. The van der Waals surface area contributed by atoms with Gasteiger partial charge in [0, 0.05) is 11.4 Å². The lowest BCUT2D eigenvalue weighted by atomic mass is 10.3. The Kier molecular flexibility index (Phi) is 5.88. The van der Waals surface area contributed by atoms with E-state index < -0.39 is 39.5 Å². The molecule has 146 valence electrons. The molecule has 0 radical (unpaired) electrons. The van der Waals surface area contributed by atoms with Crippen LogP contribution in [0.2, 0.25) is 0 Å². The molecule has 0 aliphatic rings. The number of anilines is 1. The number of halogens is 3. The van der Waals surface area contributed by atoms with E-state index in [9.17, 15) is 26.4 Å². The third-order valence-electron chi connectivity index (χ3n) is 2.96. The molecule has 0 bridgehead atoms. The van der Waals surface area contributed by atoms with Gasteiger partial charge in [-0.1, -0.05) is 12.1 Å². The third kappa shape index (κ3) is 6.09. The first-order valence-corrected chi connectivity index (χ1v) is 8.89. The third-order valence-corrected chi connectivity index (χ3v) is 4.34. The predicted octanol–water partition coefficient (Wildman–Crippen LogP) is 2.54. The van der Waals surface area contributed by atoms with Gasteiger partial charge in [0.05, 0.1) is 0 Å². The molecule has 0 fully saturated rings. The number of hydrogen-bond acceptors (Lipinski definition) is 6. The number of urea groups is 1. The molecule has 27 heavy (non-hydrogen) atoms. The topological polar surface area (TPSA) is 110 Å². The van der Waals surface area contributed by atoms with Crippen molar-refractivity contribution in [1.29, 1.82) is 0 Å². The minimum absolute atomic E-state index is 0.123. The highest BCUT2D eigenvalue weighted by molar-refractivity contribution is 7.90. The van der Waals surface area contributed by atoms with Crippen molar-refractivity contribution in [2.75, 3.05) is 11.9 Å². The number of carbonyl (C=O) groups excluding carboxylic acids is 1. The Hall–Kier alpha value is -2.89. The van der Waals surface area contributed by atoms with Gasteiger partial charge in [-0.05, 0) is 32.0 Å². The molecule has 1 aromatic carbocycles. The normalized spacial score (nSPS) is 11.7. The number of rotatable bonds is 5. The summed E-state index contributed by atoms with van der Waals surface area (Å²) < 4.78 is 67.8. The number of benzene rings is 1. The average molecular weight is 404 g/mol. The Morgan fingerprint density at radius 1 is 1.15 bits per heavy atom. The van der Waals surface area contributed by atoms with Gasteiger partial charge in [-0.2, -0.15) is 13.2 Å². The number of carbonyl (C=O) groups is 1. The summed E-state index contributed by atoms with van der Waals surface area (Å²) in [6.45, 7) is 1.63. The van der Waals surface area contributed by atoms with Gasteiger partial charge in [-0.3, -0.25) is 5.32 Å². The first kappa shape index (κ1) is 20.4. The van der Waals surface area contributed by atoms with Crippen LogP contribution in [0.25, 0.3) is 0 Å². The molecule has 1 aromatic heterocycles. The van der Waals surface area contributed by atoms with Gasteiger partial charge >= 0.3 is 12.2 Å². The molecule has 12 heteroatoms. The molecule has 0 aliphatic carbocycles. The molecule has 1 heterocycles. The number of amides is 2. The highest BCUT2D eigenvalue weighted by Crippen LogP contribution is 2.25. The van der Waals surface area contributed by atoms with Crippen molar-refractivity contribution in [3.8, 4) is 5.75 Å². The fourth-order valence-electron chi connectivity index (χ4n) is 2.04. The van der Waals surface area contributed by atoms with Crippen molar-refractivity contribution in [3.63, 3.8) is 0 Å². The van der Waals surface area contributed by atoms with Crippen LogP contribution in [0, 0.1) is 13.8 Å². The maximum atomic E-state index is 12.3. The van der Waals surface area contributed by atoms with Crippen LogP contribution in [0.4, 0.5) is 23.9 Å². The molecule has 0 aliphatic heterocycles. The van der Waals surface area contributed by atoms with Gasteiger partial charge < -0.3 is 4.74 Å². The Bertz CT molecular complexity index is 928. The highest BCUT2D eigenvalue weighted by Gasteiger charge is 2.30. The molecule has 0 saturated carbocycles. The molecular formula is C15H15F3N4O4S. The van der Waals surface area contributed by atoms with Crippen molar-refractivity contribution in [1.82, 2.24) is 14.7 Å². The van der Waals surface area contributed by atoms with E-state index in [1.165, 1.54) is 12.1 Å². The van der Waals surface area contributed by atoms with Crippen molar-refractivity contribution in [2.24, 2.45) is 0 Å². The first-order valence-electron chi connectivity index (χ1n) is 7.41. The van der Waals surface area contributed by atoms with E-state index in [4.69, 9.17) is 0 Å². The number of ether oxygens (including phenoxy) is 1. The average Bonchev–Trinajstić information content (AvgIpc) is 2.50. The second-order valence-corrected chi connectivity index (χ2v) is 7.04. The Balaban J connectivity index is 2.17. The van der Waals surface area contributed by atoms with Gasteiger partial charge in [-0.15, -0.1) is 0 Å². The summed E-state index contributed by atoms with van der Waals surface area (Å²) in [5.74, 6) is -0.667. The van der Waals surface area contributed by atoms with Crippen LogP contribution in [-0.2, 0) is 10.0 Å². The van der Waals surface area contributed by atoms with Crippen LogP contribution >= 0.6 is 0 Å². The molecule has 8 nitrogen and oxygen atoms in total. The van der Waals surface area contributed by atoms with Crippen LogP contribution in [0.1, 0.15) is 11.4 Å². The number of aromatic nitrogens is 2. The zero-order valence-corrected chi connectivity index (χ0v) is 15.0. The summed E-state index contributed by atoms with van der Waals surface area (Å²) >= 11 is 0. The first-order chi connectivity index (χ1) is 12.5. The van der Waals surface area contributed by atoms with Crippen LogP contribution in [0.5, 0.6) is 5.75 Å². The summed E-state index contributed by atoms with van der Waals surface area (Å²) in [5, 5.41) is 2.15. The van der Waals surface area contributed by atoms with Gasteiger partial charge in [0.2, 0.25) is 5.95 Å². The van der Waals surface area contributed by atoms with Gasteiger partial charge in [-0.25, -0.2) is 27.9 Å². The predicted molar refractivity (Wildman–Crippen MR) is 88.8 cm³/mol. The van der Waals surface area contributed by atoms with E-state index in [1.54, 1.807) is 24.6 Å². The van der Waals surface area contributed by atoms with Crippen LogP contribution in [0.3, 0.4) is 0 Å². The molecule has 0 spiro atoms.